The average Bonchev–Trinajstić information content (AvgIpc) is 2.91. The van der Waals surface area contributed by atoms with Crippen LogP contribution in [0.2, 0.25) is 0 Å². The summed E-state index contributed by atoms with van der Waals surface area (Å²) in [5.41, 5.74) is 0.521. The maximum atomic E-state index is 5.99. The van der Waals surface area contributed by atoms with E-state index in [-0.39, 0.29) is 0 Å². The van der Waals surface area contributed by atoms with Crippen LogP contribution in [0.3, 0.4) is 0 Å². The zero-order valence-electron chi connectivity index (χ0n) is 11.9. The van der Waals surface area contributed by atoms with Crippen molar-refractivity contribution in [1.29, 1.82) is 0 Å². The van der Waals surface area contributed by atoms with E-state index in [1.165, 1.54) is 64.2 Å². The zero-order valence-corrected chi connectivity index (χ0v) is 11.9. The van der Waals surface area contributed by atoms with Crippen LogP contribution in [0.25, 0.3) is 0 Å². The number of hydrogen-bond donors (Lipinski definition) is 1. The molecule has 0 bridgehead atoms. The van der Waals surface area contributed by atoms with Crippen molar-refractivity contribution in [3.63, 3.8) is 0 Å². The molecule has 0 aromatic carbocycles. The molecule has 104 valence electrons. The van der Waals surface area contributed by atoms with Crippen molar-refractivity contribution in [2.45, 2.75) is 89.3 Å². The fraction of sp³-hybridized carbons (Fsp3) is 1.00. The molecule has 0 radical (unpaired) electrons. The van der Waals surface area contributed by atoms with Crippen LogP contribution in [0.15, 0.2) is 0 Å². The zero-order chi connectivity index (χ0) is 12.4. The van der Waals surface area contributed by atoms with Gasteiger partial charge in [0.15, 0.2) is 0 Å². The van der Waals surface area contributed by atoms with Crippen molar-refractivity contribution in [2.75, 3.05) is 6.61 Å². The van der Waals surface area contributed by atoms with E-state index in [1.54, 1.807) is 0 Å². The van der Waals surface area contributed by atoms with Crippen LogP contribution in [0, 0.1) is 5.41 Å². The quantitative estimate of drug-likeness (QED) is 0.823. The van der Waals surface area contributed by atoms with Gasteiger partial charge in [-0.15, -0.1) is 0 Å². The minimum Gasteiger partial charge on any atom is -0.378 e. The van der Waals surface area contributed by atoms with E-state index < -0.39 is 0 Å². The van der Waals surface area contributed by atoms with Gasteiger partial charge in [-0.05, 0) is 39.0 Å². The summed E-state index contributed by atoms with van der Waals surface area (Å²) in [7, 11) is 0. The molecule has 0 aromatic heterocycles. The lowest BCUT2D eigenvalue weighted by Crippen LogP contribution is -2.64. The molecular weight excluding hydrogens is 222 g/mol. The van der Waals surface area contributed by atoms with Crippen molar-refractivity contribution in [1.82, 2.24) is 5.32 Å². The van der Waals surface area contributed by atoms with Crippen LogP contribution < -0.4 is 5.32 Å². The van der Waals surface area contributed by atoms with Crippen LogP contribution in [-0.2, 0) is 4.74 Å². The van der Waals surface area contributed by atoms with Gasteiger partial charge in [0.05, 0.1) is 6.10 Å². The van der Waals surface area contributed by atoms with E-state index in [9.17, 15) is 0 Å². The number of rotatable bonds is 4. The lowest BCUT2D eigenvalue weighted by molar-refractivity contribution is -0.133. The van der Waals surface area contributed by atoms with Crippen molar-refractivity contribution in [3.05, 3.63) is 0 Å². The molecule has 2 nitrogen and oxygen atoms in total. The van der Waals surface area contributed by atoms with E-state index in [1.807, 2.05) is 0 Å². The summed E-state index contributed by atoms with van der Waals surface area (Å²) in [4.78, 5) is 0. The van der Waals surface area contributed by atoms with Crippen LogP contribution in [-0.4, -0.2) is 24.8 Å². The Labute approximate surface area is 112 Å². The van der Waals surface area contributed by atoms with Crippen molar-refractivity contribution < 1.29 is 4.74 Å². The minimum atomic E-state index is 0.521. The molecule has 1 spiro atoms. The summed E-state index contributed by atoms with van der Waals surface area (Å²) in [6.07, 6.45) is 14.6. The molecule has 2 heteroatoms. The van der Waals surface area contributed by atoms with Crippen LogP contribution in [0.4, 0.5) is 0 Å². The molecule has 2 unspecified atom stereocenters. The maximum absolute atomic E-state index is 5.99. The topological polar surface area (TPSA) is 21.3 Å². The highest BCUT2D eigenvalue weighted by Gasteiger charge is 2.56. The minimum absolute atomic E-state index is 0.521. The third kappa shape index (κ3) is 2.22. The molecule has 3 rings (SSSR count). The Morgan fingerprint density at radius 1 is 1.06 bits per heavy atom. The number of nitrogens with one attached hydrogen (secondary N) is 1. The van der Waals surface area contributed by atoms with Crippen LogP contribution >= 0.6 is 0 Å². The maximum Gasteiger partial charge on any atom is 0.0661 e. The van der Waals surface area contributed by atoms with Gasteiger partial charge in [-0.2, -0.15) is 0 Å². The molecule has 0 amide bonds. The molecule has 3 aliphatic rings. The standard InChI is InChI=1S/C16H29NO/c1-2-18-15-12-14(16(15)10-6-7-11-16)17-13-8-4-3-5-9-13/h13-15,17H,2-12H2,1H3. The highest BCUT2D eigenvalue weighted by atomic mass is 16.5. The van der Waals surface area contributed by atoms with Gasteiger partial charge in [0.1, 0.15) is 0 Å². The first-order valence-corrected chi connectivity index (χ1v) is 8.23. The normalized spacial score (nSPS) is 35.8. The molecular formula is C16H29NO. The van der Waals surface area contributed by atoms with E-state index in [0.717, 1.165) is 18.7 Å². The molecule has 18 heavy (non-hydrogen) atoms. The van der Waals surface area contributed by atoms with Crippen LogP contribution in [0.1, 0.15) is 71.1 Å². The second kappa shape index (κ2) is 5.50. The molecule has 3 saturated carbocycles. The fourth-order valence-corrected chi connectivity index (χ4v) is 4.67. The fourth-order valence-electron chi connectivity index (χ4n) is 4.67. The van der Waals surface area contributed by atoms with E-state index >= 15 is 0 Å². The Bertz CT molecular complexity index is 266. The van der Waals surface area contributed by atoms with Gasteiger partial charge < -0.3 is 10.1 Å². The third-order valence-electron chi connectivity index (χ3n) is 5.73. The predicted octanol–water partition coefficient (Wildman–Crippen LogP) is 3.65. The molecule has 3 fully saturated rings. The summed E-state index contributed by atoms with van der Waals surface area (Å²) < 4.78 is 5.99. The summed E-state index contributed by atoms with van der Waals surface area (Å²) in [6, 6.07) is 1.57. The molecule has 2 atom stereocenters. The predicted molar refractivity (Wildman–Crippen MR) is 74.7 cm³/mol. The number of ether oxygens (including phenoxy) is 1. The Hall–Kier alpha value is -0.0800. The summed E-state index contributed by atoms with van der Waals surface area (Å²) in [5.74, 6) is 0. The first-order chi connectivity index (χ1) is 8.85. The van der Waals surface area contributed by atoms with Crippen LogP contribution in [0.5, 0.6) is 0 Å². The van der Waals surface area contributed by atoms with Gasteiger partial charge in [-0.25, -0.2) is 0 Å². The average molecular weight is 251 g/mol. The van der Waals surface area contributed by atoms with Gasteiger partial charge in [0.25, 0.3) is 0 Å². The van der Waals surface area contributed by atoms with E-state index in [4.69, 9.17) is 4.74 Å². The van der Waals surface area contributed by atoms with Gasteiger partial charge >= 0.3 is 0 Å². The highest BCUT2D eigenvalue weighted by molar-refractivity contribution is 5.10. The van der Waals surface area contributed by atoms with Crippen molar-refractivity contribution in [3.8, 4) is 0 Å². The van der Waals surface area contributed by atoms with Gasteiger partial charge in [-0.3, -0.25) is 0 Å². The van der Waals surface area contributed by atoms with E-state index in [0.29, 0.717) is 11.5 Å². The lowest BCUT2D eigenvalue weighted by Gasteiger charge is -2.55. The Morgan fingerprint density at radius 2 is 1.78 bits per heavy atom. The summed E-state index contributed by atoms with van der Waals surface area (Å²) >= 11 is 0. The Balaban J connectivity index is 1.59. The molecule has 3 aliphatic carbocycles. The third-order valence-corrected chi connectivity index (χ3v) is 5.73. The van der Waals surface area contributed by atoms with E-state index in [2.05, 4.69) is 12.2 Å². The highest BCUT2D eigenvalue weighted by Crippen LogP contribution is 2.55. The molecule has 0 heterocycles. The Kier molecular flexibility index (Phi) is 3.95. The van der Waals surface area contributed by atoms with Gasteiger partial charge in [0, 0.05) is 24.1 Å². The first-order valence-electron chi connectivity index (χ1n) is 8.23. The molecule has 1 N–H and O–H groups in total. The van der Waals surface area contributed by atoms with Gasteiger partial charge in [0.2, 0.25) is 0 Å². The monoisotopic (exact) mass is 251 g/mol. The Morgan fingerprint density at radius 3 is 2.44 bits per heavy atom. The molecule has 0 aromatic rings. The first kappa shape index (κ1) is 12.9. The van der Waals surface area contributed by atoms with Crippen molar-refractivity contribution >= 4 is 0 Å². The summed E-state index contributed by atoms with van der Waals surface area (Å²) in [6.45, 7) is 3.03. The SMILES string of the molecule is CCOC1CC(NC2CCCCC2)C12CCCC2. The smallest absolute Gasteiger partial charge is 0.0661 e. The molecule has 0 aliphatic heterocycles. The second-order valence-electron chi connectivity index (χ2n) is 6.67. The number of hydrogen-bond acceptors (Lipinski definition) is 2. The summed E-state index contributed by atoms with van der Waals surface area (Å²) in [5, 5.41) is 4.00. The lowest BCUT2D eigenvalue weighted by atomic mass is 9.60. The van der Waals surface area contributed by atoms with Gasteiger partial charge in [-0.1, -0.05) is 32.1 Å². The largest absolute Gasteiger partial charge is 0.378 e. The van der Waals surface area contributed by atoms with Crippen molar-refractivity contribution in [2.24, 2.45) is 5.41 Å². The molecule has 0 saturated heterocycles. The second-order valence-corrected chi connectivity index (χ2v) is 6.67.